The van der Waals surface area contributed by atoms with E-state index in [2.05, 4.69) is 38.3 Å². The second kappa shape index (κ2) is 15.1. The van der Waals surface area contributed by atoms with Crippen molar-refractivity contribution >= 4 is 11.9 Å². The summed E-state index contributed by atoms with van der Waals surface area (Å²) >= 11 is 0. The normalized spacial score (nSPS) is 10.6. The fraction of sp³-hybridized carbons (Fsp3) is 0.579. The largest absolute Gasteiger partial charge is 0.462 e. The standard InChI is InChI=1S/C12H22O2.C7H10O2/c1-5-7-8-11(6-2)9-14-12(13)10(3)4;1-4-5-9-7(8)6(2)3/h11H,3,5-9H2,1-2,4H3;4H,1-2,5H2,3H3. The van der Waals surface area contributed by atoms with Crippen molar-refractivity contribution < 1.29 is 19.1 Å². The summed E-state index contributed by atoms with van der Waals surface area (Å²) in [7, 11) is 0. The molecule has 0 aliphatic rings. The molecule has 0 heterocycles. The Kier molecular flexibility index (Phi) is 15.4. The third-order valence-electron chi connectivity index (χ3n) is 3.02. The first-order valence-electron chi connectivity index (χ1n) is 8.06. The molecule has 0 saturated carbocycles. The fourth-order valence-corrected chi connectivity index (χ4v) is 1.47. The molecule has 0 aromatic heterocycles. The van der Waals surface area contributed by atoms with Gasteiger partial charge in [-0.15, -0.1) is 0 Å². The van der Waals surface area contributed by atoms with Crippen LogP contribution in [0.25, 0.3) is 0 Å². The molecule has 132 valence electrons. The Morgan fingerprint density at radius 3 is 1.96 bits per heavy atom. The van der Waals surface area contributed by atoms with Crippen LogP contribution in [0, 0.1) is 5.92 Å². The fourth-order valence-electron chi connectivity index (χ4n) is 1.47. The maximum absolute atomic E-state index is 11.1. The first kappa shape index (κ1) is 23.4. The highest BCUT2D eigenvalue weighted by molar-refractivity contribution is 5.87. The van der Waals surface area contributed by atoms with Crippen molar-refractivity contribution in [3.63, 3.8) is 0 Å². The molecule has 0 radical (unpaired) electrons. The van der Waals surface area contributed by atoms with Crippen LogP contribution in [0.5, 0.6) is 0 Å². The first-order chi connectivity index (χ1) is 10.8. The molecular formula is C19H32O4. The third-order valence-corrected chi connectivity index (χ3v) is 3.02. The monoisotopic (exact) mass is 324 g/mol. The lowest BCUT2D eigenvalue weighted by Crippen LogP contribution is -2.14. The van der Waals surface area contributed by atoms with E-state index in [4.69, 9.17) is 4.74 Å². The van der Waals surface area contributed by atoms with Crippen LogP contribution in [0.3, 0.4) is 0 Å². The van der Waals surface area contributed by atoms with Gasteiger partial charge in [-0.05, 0) is 26.2 Å². The maximum Gasteiger partial charge on any atom is 0.333 e. The molecule has 4 nitrogen and oxygen atoms in total. The zero-order valence-electron chi connectivity index (χ0n) is 15.2. The molecule has 4 heteroatoms. The van der Waals surface area contributed by atoms with E-state index in [1.807, 2.05) is 0 Å². The van der Waals surface area contributed by atoms with Gasteiger partial charge >= 0.3 is 11.9 Å². The van der Waals surface area contributed by atoms with Gasteiger partial charge < -0.3 is 9.47 Å². The van der Waals surface area contributed by atoms with Crippen molar-refractivity contribution in [2.75, 3.05) is 13.2 Å². The number of carbonyl (C=O) groups is 2. The number of carbonyl (C=O) groups excluding carboxylic acids is 2. The average Bonchev–Trinajstić information content (AvgIpc) is 2.52. The first-order valence-corrected chi connectivity index (χ1v) is 8.06. The Labute approximate surface area is 141 Å². The highest BCUT2D eigenvalue weighted by Crippen LogP contribution is 2.13. The minimum absolute atomic E-state index is 0.256. The summed E-state index contributed by atoms with van der Waals surface area (Å²) in [5.41, 5.74) is 0.896. The molecule has 0 bridgehead atoms. The van der Waals surface area contributed by atoms with Crippen LogP contribution in [0.15, 0.2) is 37.0 Å². The van der Waals surface area contributed by atoms with Gasteiger partial charge in [-0.1, -0.05) is 58.9 Å². The van der Waals surface area contributed by atoms with E-state index >= 15 is 0 Å². The molecule has 1 unspecified atom stereocenters. The molecule has 0 saturated heterocycles. The Morgan fingerprint density at radius 2 is 1.57 bits per heavy atom. The summed E-state index contributed by atoms with van der Waals surface area (Å²) in [5, 5.41) is 0. The predicted molar refractivity (Wildman–Crippen MR) is 95.0 cm³/mol. The van der Waals surface area contributed by atoms with Crippen LogP contribution in [0.2, 0.25) is 0 Å². The molecule has 0 aliphatic carbocycles. The van der Waals surface area contributed by atoms with E-state index in [0.717, 1.165) is 12.8 Å². The number of ether oxygens (including phenoxy) is 2. The quantitative estimate of drug-likeness (QED) is 0.334. The molecule has 0 spiro atoms. The molecule has 0 rings (SSSR count). The van der Waals surface area contributed by atoms with E-state index in [1.54, 1.807) is 13.8 Å². The summed E-state index contributed by atoms with van der Waals surface area (Å²) in [6.45, 7) is 18.7. The minimum Gasteiger partial charge on any atom is -0.462 e. The minimum atomic E-state index is -0.366. The summed E-state index contributed by atoms with van der Waals surface area (Å²) in [4.78, 5) is 21.6. The van der Waals surface area contributed by atoms with Crippen molar-refractivity contribution in [3.8, 4) is 0 Å². The second-order valence-corrected chi connectivity index (χ2v) is 5.46. The van der Waals surface area contributed by atoms with E-state index in [1.165, 1.54) is 18.9 Å². The van der Waals surface area contributed by atoms with Gasteiger partial charge in [-0.3, -0.25) is 0 Å². The highest BCUT2D eigenvalue weighted by Gasteiger charge is 2.09. The van der Waals surface area contributed by atoms with E-state index in [9.17, 15) is 9.59 Å². The topological polar surface area (TPSA) is 52.6 Å². The van der Waals surface area contributed by atoms with Crippen molar-refractivity contribution in [2.24, 2.45) is 5.92 Å². The Hall–Kier alpha value is -1.84. The van der Waals surface area contributed by atoms with Crippen LogP contribution < -0.4 is 0 Å². The molecular weight excluding hydrogens is 292 g/mol. The molecule has 0 fully saturated rings. The van der Waals surface area contributed by atoms with Crippen LogP contribution in [0.4, 0.5) is 0 Å². The van der Waals surface area contributed by atoms with Gasteiger partial charge in [0.15, 0.2) is 0 Å². The van der Waals surface area contributed by atoms with Crippen LogP contribution in [0.1, 0.15) is 53.4 Å². The number of unbranched alkanes of at least 4 members (excludes halogenated alkanes) is 1. The molecule has 1 atom stereocenters. The number of rotatable bonds is 10. The predicted octanol–water partition coefficient (Wildman–Crippen LogP) is 4.61. The lowest BCUT2D eigenvalue weighted by atomic mass is 10.0. The zero-order chi connectivity index (χ0) is 18.3. The second-order valence-electron chi connectivity index (χ2n) is 5.46. The van der Waals surface area contributed by atoms with Gasteiger partial charge in [-0.25, -0.2) is 9.59 Å². The van der Waals surface area contributed by atoms with Gasteiger partial charge in [0, 0.05) is 11.1 Å². The van der Waals surface area contributed by atoms with E-state index < -0.39 is 0 Å². The number of esters is 2. The molecule has 0 N–H and O–H groups in total. The van der Waals surface area contributed by atoms with Crippen molar-refractivity contribution in [3.05, 3.63) is 37.0 Å². The third kappa shape index (κ3) is 14.8. The van der Waals surface area contributed by atoms with Crippen LogP contribution in [-0.4, -0.2) is 25.2 Å². The van der Waals surface area contributed by atoms with E-state index in [0.29, 0.717) is 23.7 Å². The lowest BCUT2D eigenvalue weighted by Gasteiger charge is -2.14. The van der Waals surface area contributed by atoms with Crippen LogP contribution in [-0.2, 0) is 19.1 Å². The van der Waals surface area contributed by atoms with Crippen molar-refractivity contribution in [2.45, 2.75) is 53.4 Å². The van der Waals surface area contributed by atoms with Crippen LogP contribution >= 0.6 is 0 Å². The summed E-state index contributed by atoms with van der Waals surface area (Å²) in [6.07, 6.45) is 6.15. The molecule has 0 aliphatic heterocycles. The van der Waals surface area contributed by atoms with Crippen molar-refractivity contribution in [1.29, 1.82) is 0 Å². The Morgan fingerprint density at radius 1 is 1.04 bits per heavy atom. The lowest BCUT2D eigenvalue weighted by molar-refractivity contribution is -0.140. The SMILES string of the molecule is C=C(C)C(=O)OCC(CC)CCCC.C=CCOC(=O)C(=C)C. The molecule has 0 aromatic carbocycles. The zero-order valence-corrected chi connectivity index (χ0v) is 15.2. The smallest absolute Gasteiger partial charge is 0.333 e. The number of hydrogen-bond donors (Lipinski definition) is 0. The molecule has 23 heavy (non-hydrogen) atoms. The van der Waals surface area contributed by atoms with Gasteiger partial charge in [-0.2, -0.15) is 0 Å². The number of hydrogen-bond acceptors (Lipinski definition) is 4. The highest BCUT2D eigenvalue weighted by atomic mass is 16.5. The Balaban J connectivity index is 0. The van der Waals surface area contributed by atoms with E-state index in [-0.39, 0.29) is 18.5 Å². The summed E-state index contributed by atoms with van der Waals surface area (Å²) in [5.74, 6) is -0.118. The molecule has 0 amide bonds. The van der Waals surface area contributed by atoms with Crippen molar-refractivity contribution in [1.82, 2.24) is 0 Å². The van der Waals surface area contributed by atoms with Gasteiger partial charge in [0.1, 0.15) is 6.61 Å². The summed E-state index contributed by atoms with van der Waals surface area (Å²) < 4.78 is 9.71. The average molecular weight is 324 g/mol. The van der Waals surface area contributed by atoms with Gasteiger partial charge in [0.2, 0.25) is 0 Å². The van der Waals surface area contributed by atoms with Gasteiger partial charge in [0.25, 0.3) is 0 Å². The maximum atomic E-state index is 11.1. The van der Waals surface area contributed by atoms with Gasteiger partial charge in [0.05, 0.1) is 6.61 Å². The summed E-state index contributed by atoms with van der Waals surface area (Å²) in [6, 6.07) is 0. The molecule has 0 aromatic rings. The Bertz CT molecular complexity index is 396.